The van der Waals surface area contributed by atoms with E-state index in [2.05, 4.69) is 14.9 Å². The first kappa shape index (κ1) is 7.20. The zero-order chi connectivity index (χ0) is 8.39. The number of nitrogens with zero attached hydrogens (tertiary/aromatic N) is 3. The highest BCUT2D eigenvalue weighted by Crippen LogP contribution is 2.02. The third-order valence-corrected chi connectivity index (χ3v) is 1.52. The molecule has 0 aliphatic heterocycles. The van der Waals surface area contributed by atoms with Gasteiger partial charge in [0.2, 0.25) is 0 Å². The number of rotatable bonds is 2. The summed E-state index contributed by atoms with van der Waals surface area (Å²) in [6.45, 7) is 0.309. The zero-order valence-electron chi connectivity index (χ0n) is 6.34. The lowest BCUT2D eigenvalue weighted by Gasteiger charge is -1.88. The highest BCUT2D eigenvalue weighted by molar-refractivity contribution is 5.37. The molecule has 0 radical (unpaired) electrons. The Kier molecular flexibility index (Phi) is 1.73. The minimum atomic E-state index is 0.309. The molecule has 0 fully saturated rings. The predicted molar refractivity (Wildman–Crippen MR) is 42.0 cm³/mol. The van der Waals surface area contributed by atoms with E-state index in [0.29, 0.717) is 6.61 Å². The fourth-order valence-corrected chi connectivity index (χ4v) is 1.04. The maximum atomic E-state index is 4.91. The fourth-order valence-electron chi connectivity index (χ4n) is 1.04. The van der Waals surface area contributed by atoms with Crippen LogP contribution in [0.3, 0.4) is 0 Å². The molecule has 2 heterocycles. The molecule has 0 atom stereocenters. The molecule has 2 aromatic heterocycles. The van der Waals surface area contributed by atoms with Gasteiger partial charge in [-0.1, -0.05) is 0 Å². The Labute approximate surface area is 68.7 Å². The van der Waals surface area contributed by atoms with Crippen molar-refractivity contribution in [3.63, 3.8) is 0 Å². The maximum absolute atomic E-state index is 4.91. The van der Waals surface area contributed by atoms with Crippen LogP contribution in [0.4, 0.5) is 0 Å². The summed E-state index contributed by atoms with van der Waals surface area (Å²) < 4.78 is 1.67. The van der Waals surface area contributed by atoms with E-state index < -0.39 is 0 Å². The molecule has 2 rings (SSSR count). The predicted octanol–water partition coefficient (Wildman–Crippen LogP) is 0.120. The minimum Gasteiger partial charge on any atom is -0.298 e. The van der Waals surface area contributed by atoms with Crippen LogP contribution in [0.25, 0.3) is 5.65 Å². The summed E-state index contributed by atoms with van der Waals surface area (Å²) in [5.41, 5.74) is 1.57. The van der Waals surface area contributed by atoms with Crippen molar-refractivity contribution in [1.82, 2.24) is 14.6 Å². The van der Waals surface area contributed by atoms with Gasteiger partial charge < -0.3 is 0 Å². The van der Waals surface area contributed by atoms with Gasteiger partial charge in [0, 0.05) is 18.5 Å². The van der Waals surface area contributed by atoms with E-state index >= 15 is 0 Å². The van der Waals surface area contributed by atoms with Crippen molar-refractivity contribution in [2.45, 2.75) is 6.61 Å². The number of hydrogen-bond acceptors (Lipinski definition) is 4. The molecule has 0 amide bonds. The van der Waals surface area contributed by atoms with Crippen LogP contribution in [0, 0.1) is 0 Å². The minimum absolute atomic E-state index is 0.309. The molecular formula is C7H8N4O. The zero-order valence-corrected chi connectivity index (χ0v) is 6.34. The fraction of sp³-hybridized carbons (Fsp3) is 0.143. The van der Waals surface area contributed by atoms with Gasteiger partial charge in [-0.05, 0) is 6.07 Å². The number of aromatic nitrogens is 3. The Hall–Kier alpha value is -1.46. The highest BCUT2D eigenvalue weighted by atomic mass is 16.6. The van der Waals surface area contributed by atoms with E-state index in [1.807, 2.05) is 18.3 Å². The van der Waals surface area contributed by atoms with Crippen molar-refractivity contribution in [2.24, 2.45) is 5.90 Å². The summed E-state index contributed by atoms with van der Waals surface area (Å²) >= 11 is 0. The first-order valence-corrected chi connectivity index (χ1v) is 3.51. The lowest BCUT2D eigenvalue weighted by Crippen LogP contribution is -1.99. The molecule has 0 saturated heterocycles. The van der Waals surface area contributed by atoms with Crippen LogP contribution in [0.2, 0.25) is 0 Å². The van der Waals surface area contributed by atoms with E-state index in [1.165, 1.54) is 0 Å². The Morgan fingerprint density at radius 2 is 2.50 bits per heavy atom. The van der Waals surface area contributed by atoms with Crippen LogP contribution in [0.1, 0.15) is 5.69 Å². The monoisotopic (exact) mass is 164 g/mol. The summed E-state index contributed by atoms with van der Waals surface area (Å²) in [6, 6.07) is 3.64. The quantitative estimate of drug-likeness (QED) is 0.640. The summed E-state index contributed by atoms with van der Waals surface area (Å²) in [5, 5.41) is 4.15. The van der Waals surface area contributed by atoms with Crippen molar-refractivity contribution in [3.8, 4) is 0 Å². The average Bonchev–Trinajstić information content (AvgIpc) is 2.47. The molecule has 62 valence electrons. The number of fused-ring (bicyclic) bond motifs is 1. The van der Waals surface area contributed by atoms with Crippen molar-refractivity contribution in [1.29, 1.82) is 0 Å². The summed E-state index contributed by atoms with van der Waals surface area (Å²) in [6.07, 6.45) is 3.53. The molecule has 0 aromatic carbocycles. The average molecular weight is 164 g/mol. The van der Waals surface area contributed by atoms with E-state index in [1.54, 1.807) is 10.7 Å². The highest BCUT2D eigenvalue weighted by Gasteiger charge is 1.99. The second-order valence-electron chi connectivity index (χ2n) is 2.37. The molecule has 0 unspecified atom stereocenters. The number of hydrogen-bond donors (Lipinski definition) is 1. The standard InChI is InChI=1S/C7H8N4O/c8-12-5-6-4-7-9-2-1-3-11(7)10-6/h1-4H,5,8H2. The molecule has 0 aliphatic carbocycles. The van der Waals surface area contributed by atoms with Crippen LogP contribution in [-0.2, 0) is 11.4 Å². The first-order chi connectivity index (χ1) is 5.90. The maximum Gasteiger partial charge on any atom is 0.155 e. The second-order valence-corrected chi connectivity index (χ2v) is 2.37. The van der Waals surface area contributed by atoms with Crippen LogP contribution < -0.4 is 5.90 Å². The van der Waals surface area contributed by atoms with Gasteiger partial charge in [0.15, 0.2) is 5.65 Å². The molecule has 2 N–H and O–H groups in total. The smallest absolute Gasteiger partial charge is 0.155 e. The third kappa shape index (κ3) is 1.15. The molecule has 0 bridgehead atoms. The van der Waals surface area contributed by atoms with Gasteiger partial charge in [-0.15, -0.1) is 0 Å². The van der Waals surface area contributed by atoms with E-state index in [9.17, 15) is 0 Å². The Morgan fingerprint density at radius 1 is 1.58 bits per heavy atom. The van der Waals surface area contributed by atoms with Gasteiger partial charge in [-0.2, -0.15) is 5.10 Å². The van der Waals surface area contributed by atoms with E-state index in [0.717, 1.165) is 11.3 Å². The second kappa shape index (κ2) is 2.88. The Morgan fingerprint density at radius 3 is 3.25 bits per heavy atom. The van der Waals surface area contributed by atoms with E-state index in [4.69, 9.17) is 5.90 Å². The van der Waals surface area contributed by atoms with Gasteiger partial charge in [-0.3, -0.25) is 4.84 Å². The lowest BCUT2D eigenvalue weighted by atomic mass is 10.4. The van der Waals surface area contributed by atoms with Crippen molar-refractivity contribution in [2.75, 3.05) is 0 Å². The number of nitrogens with two attached hydrogens (primary N) is 1. The molecule has 0 spiro atoms. The van der Waals surface area contributed by atoms with Gasteiger partial charge in [0.1, 0.15) is 6.61 Å². The van der Waals surface area contributed by atoms with Gasteiger partial charge >= 0.3 is 0 Å². The lowest BCUT2D eigenvalue weighted by molar-refractivity contribution is 0.121. The van der Waals surface area contributed by atoms with Crippen LogP contribution in [0.5, 0.6) is 0 Å². The normalized spacial score (nSPS) is 10.8. The Balaban J connectivity index is 2.47. The Bertz CT molecular complexity index is 351. The molecular weight excluding hydrogens is 156 g/mol. The summed E-state index contributed by atoms with van der Waals surface area (Å²) in [7, 11) is 0. The van der Waals surface area contributed by atoms with Crippen molar-refractivity contribution >= 4 is 5.65 Å². The van der Waals surface area contributed by atoms with Crippen LogP contribution in [-0.4, -0.2) is 14.6 Å². The molecule has 5 nitrogen and oxygen atoms in total. The van der Waals surface area contributed by atoms with Crippen molar-refractivity contribution < 1.29 is 4.84 Å². The molecule has 0 aliphatic rings. The SMILES string of the molecule is NOCc1cc2ncccn2n1. The van der Waals surface area contributed by atoms with Crippen LogP contribution >= 0.6 is 0 Å². The first-order valence-electron chi connectivity index (χ1n) is 3.51. The largest absolute Gasteiger partial charge is 0.298 e. The third-order valence-electron chi connectivity index (χ3n) is 1.52. The van der Waals surface area contributed by atoms with Gasteiger partial charge in [-0.25, -0.2) is 15.4 Å². The van der Waals surface area contributed by atoms with Crippen molar-refractivity contribution in [3.05, 3.63) is 30.2 Å². The summed E-state index contributed by atoms with van der Waals surface area (Å²) in [5.74, 6) is 4.91. The molecule has 5 heteroatoms. The molecule has 2 aromatic rings. The summed E-state index contributed by atoms with van der Waals surface area (Å²) in [4.78, 5) is 8.54. The molecule has 0 saturated carbocycles. The topological polar surface area (TPSA) is 65.4 Å². The van der Waals surface area contributed by atoms with Gasteiger partial charge in [0.05, 0.1) is 5.69 Å². The van der Waals surface area contributed by atoms with Crippen LogP contribution in [0.15, 0.2) is 24.5 Å². The molecule has 12 heavy (non-hydrogen) atoms. The van der Waals surface area contributed by atoms with Gasteiger partial charge in [0.25, 0.3) is 0 Å². The van der Waals surface area contributed by atoms with E-state index in [-0.39, 0.29) is 0 Å².